The van der Waals surface area contributed by atoms with Crippen molar-refractivity contribution < 1.29 is 4.74 Å². The van der Waals surface area contributed by atoms with E-state index in [1.807, 2.05) is 20.8 Å². The van der Waals surface area contributed by atoms with Crippen molar-refractivity contribution in [2.24, 2.45) is 5.41 Å². The SMILES string of the molecule is CCOc1cc(NCC(C)(C)C#N)ncn1. The summed E-state index contributed by atoms with van der Waals surface area (Å²) in [6.45, 7) is 6.73. The van der Waals surface area contributed by atoms with Crippen LogP contribution in [-0.2, 0) is 0 Å². The van der Waals surface area contributed by atoms with Crippen molar-refractivity contribution in [1.29, 1.82) is 5.26 Å². The zero-order valence-electron chi connectivity index (χ0n) is 9.82. The van der Waals surface area contributed by atoms with Gasteiger partial charge in [-0.1, -0.05) is 0 Å². The zero-order valence-corrected chi connectivity index (χ0v) is 9.82. The lowest BCUT2D eigenvalue weighted by Gasteiger charge is -2.16. The molecule has 0 saturated carbocycles. The van der Waals surface area contributed by atoms with E-state index in [1.165, 1.54) is 6.33 Å². The molecule has 0 spiro atoms. The van der Waals surface area contributed by atoms with E-state index in [0.717, 1.165) is 0 Å². The number of anilines is 1. The molecule has 0 radical (unpaired) electrons. The highest BCUT2D eigenvalue weighted by molar-refractivity contribution is 5.37. The van der Waals surface area contributed by atoms with Crippen LogP contribution in [0.3, 0.4) is 0 Å². The van der Waals surface area contributed by atoms with E-state index in [-0.39, 0.29) is 0 Å². The molecule has 0 amide bonds. The van der Waals surface area contributed by atoms with Crippen LogP contribution in [0.1, 0.15) is 20.8 Å². The summed E-state index contributed by atoms with van der Waals surface area (Å²) in [6, 6.07) is 3.93. The van der Waals surface area contributed by atoms with Crippen LogP contribution in [0, 0.1) is 16.7 Å². The first-order valence-electron chi connectivity index (χ1n) is 5.17. The number of nitrogens with zero attached hydrogens (tertiary/aromatic N) is 3. The smallest absolute Gasteiger partial charge is 0.218 e. The Labute approximate surface area is 95.5 Å². The average molecular weight is 220 g/mol. The molecule has 1 N–H and O–H groups in total. The lowest BCUT2D eigenvalue weighted by Crippen LogP contribution is -2.21. The largest absolute Gasteiger partial charge is 0.478 e. The van der Waals surface area contributed by atoms with Crippen LogP contribution >= 0.6 is 0 Å². The fourth-order valence-electron chi connectivity index (χ4n) is 1.01. The Morgan fingerprint density at radius 3 is 2.88 bits per heavy atom. The fraction of sp³-hybridized carbons (Fsp3) is 0.545. The van der Waals surface area contributed by atoms with Gasteiger partial charge in [-0.3, -0.25) is 0 Å². The van der Waals surface area contributed by atoms with E-state index >= 15 is 0 Å². The Morgan fingerprint density at radius 2 is 2.25 bits per heavy atom. The molecule has 1 rings (SSSR count). The lowest BCUT2D eigenvalue weighted by molar-refractivity contribution is 0.326. The molecule has 0 aliphatic heterocycles. The lowest BCUT2D eigenvalue weighted by atomic mass is 9.96. The van der Waals surface area contributed by atoms with Gasteiger partial charge in [-0.05, 0) is 20.8 Å². The summed E-state index contributed by atoms with van der Waals surface area (Å²) < 4.78 is 5.25. The molecule has 86 valence electrons. The predicted molar refractivity (Wildman–Crippen MR) is 61.1 cm³/mol. The summed E-state index contributed by atoms with van der Waals surface area (Å²) in [5.41, 5.74) is -0.420. The van der Waals surface area contributed by atoms with Crippen LogP contribution in [0.4, 0.5) is 5.82 Å². The third-order valence-electron chi connectivity index (χ3n) is 1.95. The highest BCUT2D eigenvalue weighted by Crippen LogP contribution is 2.16. The second-order valence-corrected chi connectivity index (χ2v) is 4.02. The summed E-state index contributed by atoms with van der Waals surface area (Å²) in [5.74, 6) is 1.21. The van der Waals surface area contributed by atoms with Gasteiger partial charge in [-0.2, -0.15) is 5.26 Å². The quantitative estimate of drug-likeness (QED) is 0.819. The van der Waals surface area contributed by atoms with Crippen molar-refractivity contribution in [1.82, 2.24) is 9.97 Å². The fourth-order valence-corrected chi connectivity index (χ4v) is 1.01. The van der Waals surface area contributed by atoms with Gasteiger partial charge in [-0.15, -0.1) is 0 Å². The zero-order chi connectivity index (χ0) is 12.0. The normalized spacial score (nSPS) is 10.6. The van der Waals surface area contributed by atoms with Gasteiger partial charge in [0.25, 0.3) is 0 Å². The van der Waals surface area contributed by atoms with E-state index < -0.39 is 5.41 Å². The maximum atomic E-state index is 8.86. The third kappa shape index (κ3) is 3.73. The third-order valence-corrected chi connectivity index (χ3v) is 1.95. The van der Waals surface area contributed by atoms with E-state index in [4.69, 9.17) is 10.00 Å². The number of ether oxygens (including phenoxy) is 1. The Bertz CT molecular complexity index is 384. The van der Waals surface area contributed by atoms with Crippen molar-refractivity contribution in [2.45, 2.75) is 20.8 Å². The number of nitrogens with one attached hydrogen (secondary N) is 1. The minimum absolute atomic E-state index is 0.420. The summed E-state index contributed by atoms with van der Waals surface area (Å²) in [7, 11) is 0. The van der Waals surface area contributed by atoms with Crippen LogP contribution in [0.25, 0.3) is 0 Å². The highest BCUT2D eigenvalue weighted by Gasteiger charge is 2.16. The minimum atomic E-state index is -0.420. The monoisotopic (exact) mass is 220 g/mol. The molecular weight excluding hydrogens is 204 g/mol. The summed E-state index contributed by atoms with van der Waals surface area (Å²) >= 11 is 0. The van der Waals surface area contributed by atoms with Gasteiger partial charge in [0.1, 0.15) is 12.1 Å². The molecule has 0 aliphatic rings. The second kappa shape index (κ2) is 5.31. The molecule has 16 heavy (non-hydrogen) atoms. The number of nitriles is 1. The van der Waals surface area contributed by atoms with Gasteiger partial charge in [0.05, 0.1) is 18.1 Å². The van der Waals surface area contributed by atoms with Crippen molar-refractivity contribution in [3.63, 3.8) is 0 Å². The Kier molecular flexibility index (Phi) is 4.06. The molecular formula is C11H16N4O. The maximum Gasteiger partial charge on any atom is 0.218 e. The van der Waals surface area contributed by atoms with Gasteiger partial charge < -0.3 is 10.1 Å². The Hall–Kier alpha value is -1.83. The molecule has 1 aromatic heterocycles. The molecule has 0 atom stereocenters. The molecule has 0 unspecified atom stereocenters. The molecule has 0 aromatic carbocycles. The molecule has 0 saturated heterocycles. The molecule has 5 heteroatoms. The first-order chi connectivity index (χ1) is 7.57. The van der Waals surface area contributed by atoms with Crippen molar-refractivity contribution in [3.8, 4) is 11.9 Å². The first kappa shape index (κ1) is 12.2. The van der Waals surface area contributed by atoms with Crippen molar-refractivity contribution in [2.75, 3.05) is 18.5 Å². The standard InChI is InChI=1S/C11H16N4O/c1-4-16-10-5-9(14-8-15-10)13-7-11(2,3)6-12/h5,8H,4,7H2,1-3H3,(H,13,14,15). The van der Waals surface area contributed by atoms with E-state index in [2.05, 4.69) is 21.4 Å². The van der Waals surface area contributed by atoms with E-state index in [9.17, 15) is 0 Å². The topological polar surface area (TPSA) is 70.8 Å². The van der Waals surface area contributed by atoms with Gasteiger partial charge >= 0.3 is 0 Å². The van der Waals surface area contributed by atoms with Crippen LogP contribution < -0.4 is 10.1 Å². The molecule has 0 aliphatic carbocycles. The van der Waals surface area contributed by atoms with Crippen LogP contribution in [0.2, 0.25) is 0 Å². The minimum Gasteiger partial charge on any atom is -0.478 e. The molecule has 5 nitrogen and oxygen atoms in total. The number of rotatable bonds is 5. The summed E-state index contributed by atoms with van der Waals surface area (Å²) in [4.78, 5) is 8.00. The number of aromatic nitrogens is 2. The van der Waals surface area contributed by atoms with Crippen molar-refractivity contribution >= 4 is 5.82 Å². The Balaban J connectivity index is 2.61. The van der Waals surface area contributed by atoms with Gasteiger partial charge in [-0.25, -0.2) is 9.97 Å². The summed E-state index contributed by atoms with van der Waals surface area (Å²) in [6.07, 6.45) is 1.44. The average Bonchev–Trinajstić information content (AvgIpc) is 2.28. The van der Waals surface area contributed by atoms with Gasteiger partial charge in [0.15, 0.2) is 0 Å². The van der Waals surface area contributed by atoms with Crippen molar-refractivity contribution in [3.05, 3.63) is 12.4 Å². The van der Waals surface area contributed by atoms with Gasteiger partial charge in [0, 0.05) is 12.6 Å². The number of hydrogen-bond acceptors (Lipinski definition) is 5. The van der Waals surface area contributed by atoms with Crippen LogP contribution in [-0.4, -0.2) is 23.1 Å². The highest BCUT2D eigenvalue weighted by atomic mass is 16.5. The maximum absolute atomic E-state index is 8.86. The number of hydrogen-bond donors (Lipinski definition) is 1. The second-order valence-electron chi connectivity index (χ2n) is 4.02. The predicted octanol–water partition coefficient (Wildman–Crippen LogP) is 1.84. The van der Waals surface area contributed by atoms with Crippen LogP contribution in [0.5, 0.6) is 5.88 Å². The molecule has 0 fully saturated rings. The van der Waals surface area contributed by atoms with Gasteiger partial charge in [0.2, 0.25) is 5.88 Å². The van der Waals surface area contributed by atoms with E-state index in [1.54, 1.807) is 6.07 Å². The molecule has 0 bridgehead atoms. The van der Waals surface area contributed by atoms with E-state index in [0.29, 0.717) is 24.8 Å². The summed E-state index contributed by atoms with van der Waals surface area (Å²) in [5, 5.41) is 11.9. The first-order valence-corrected chi connectivity index (χ1v) is 5.17. The van der Waals surface area contributed by atoms with Crippen LogP contribution in [0.15, 0.2) is 12.4 Å². The Morgan fingerprint density at radius 1 is 1.50 bits per heavy atom. The molecule has 1 heterocycles. The molecule has 1 aromatic rings.